The molecule has 0 fully saturated rings. The van der Waals surface area contributed by atoms with Gasteiger partial charge in [0.2, 0.25) is 23.8 Å². The maximum atomic E-state index is 10.3. The summed E-state index contributed by atoms with van der Waals surface area (Å²) in [6, 6.07) is 14.1. The van der Waals surface area contributed by atoms with Crippen LogP contribution in [0.1, 0.15) is 122 Å². The van der Waals surface area contributed by atoms with Crippen molar-refractivity contribution in [2.45, 2.75) is 122 Å². The van der Waals surface area contributed by atoms with Crippen LogP contribution in [-0.4, -0.2) is 48.0 Å². The van der Waals surface area contributed by atoms with E-state index in [4.69, 9.17) is 51.2 Å². The molecule has 0 atom stereocenters. The normalized spacial score (nSPS) is 12.3. The zero-order valence-electron chi connectivity index (χ0n) is 31.0. The maximum absolute atomic E-state index is 10.3. The number of aliphatic imine (C=N–C) groups is 4. The molecule has 0 bridgehead atoms. The molecular weight excluding hydrogens is 699 g/mol. The van der Waals surface area contributed by atoms with Gasteiger partial charge in [-0.25, -0.2) is 0 Å². The van der Waals surface area contributed by atoms with Crippen molar-refractivity contribution in [2.75, 3.05) is 23.7 Å². The Balaban J connectivity index is 0.000000636. The van der Waals surface area contributed by atoms with Crippen molar-refractivity contribution >= 4 is 64.4 Å². The molecule has 290 valence electrons. The molecule has 0 aliphatic carbocycles. The molecule has 12 nitrogen and oxygen atoms in total. The number of hydrogen-bond acceptors (Lipinski definition) is 3. The Kier molecular flexibility index (Phi) is 27.0. The second-order valence-corrected chi connectivity index (χ2v) is 13.4. The van der Waals surface area contributed by atoms with E-state index in [2.05, 4.69) is 37.5 Å². The number of anilines is 2. The Bertz CT molecular complexity index is 1270. The molecule has 0 aliphatic heterocycles. The van der Waals surface area contributed by atoms with Crippen molar-refractivity contribution in [3.63, 3.8) is 0 Å². The number of halogens is 2. The molecule has 2 aromatic carbocycles. The topological polar surface area (TPSA) is 215 Å². The monoisotopic (exact) mass is 760 g/mol. The van der Waals surface area contributed by atoms with Gasteiger partial charge in [-0.15, -0.1) is 0 Å². The average molecular weight is 762 g/mol. The van der Waals surface area contributed by atoms with E-state index < -0.39 is 5.97 Å². The number of nitrogens with one attached hydrogen (secondary N) is 2. The zero-order chi connectivity index (χ0) is 38.2. The van der Waals surface area contributed by atoms with Crippen molar-refractivity contribution in [3.05, 3.63) is 58.6 Å². The lowest BCUT2D eigenvalue weighted by Crippen LogP contribution is -2.26. The number of guanidine groups is 4. The Morgan fingerprint density at radius 1 is 0.558 bits per heavy atom. The Labute approximate surface area is 321 Å². The van der Waals surface area contributed by atoms with Gasteiger partial charge in [0, 0.05) is 40.9 Å². The lowest BCUT2D eigenvalue weighted by atomic mass is 10.0. The van der Waals surface area contributed by atoms with E-state index in [1.807, 2.05) is 0 Å². The van der Waals surface area contributed by atoms with Crippen LogP contribution in [0.5, 0.6) is 0 Å². The van der Waals surface area contributed by atoms with Crippen LogP contribution >= 0.6 is 23.2 Å². The van der Waals surface area contributed by atoms with E-state index in [-0.39, 0.29) is 23.8 Å². The van der Waals surface area contributed by atoms with Crippen LogP contribution in [0.25, 0.3) is 0 Å². The van der Waals surface area contributed by atoms with E-state index >= 15 is 0 Å². The fourth-order valence-electron chi connectivity index (χ4n) is 4.99. The van der Waals surface area contributed by atoms with Crippen LogP contribution < -0.4 is 33.6 Å². The van der Waals surface area contributed by atoms with E-state index in [0.29, 0.717) is 29.6 Å². The van der Waals surface area contributed by atoms with Crippen LogP contribution in [0.4, 0.5) is 11.4 Å². The number of nitrogens with zero attached hydrogens (tertiary/aromatic N) is 4. The van der Waals surface area contributed by atoms with Crippen molar-refractivity contribution in [1.82, 2.24) is 0 Å². The fraction of sp³-hybridized carbons (Fsp3) is 0.553. The molecule has 2 aromatic rings. The molecule has 0 amide bonds. The molecule has 0 saturated heterocycles. The Morgan fingerprint density at radius 2 is 0.885 bits per heavy atom. The predicted octanol–water partition coefficient (Wildman–Crippen LogP) is 8.89. The summed E-state index contributed by atoms with van der Waals surface area (Å²) in [6.07, 6.45) is 21.0. The summed E-state index contributed by atoms with van der Waals surface area (Å²) in [5, 5.41) is 15.6. The summed E-state index contributed by atoms with van der Waals surface area (Å²) in [4.78, 5) is 26.8. The number of carboxylic acid groups (broad SMARTS) is 1. The highest BCUT2D eigenvalue weighted by Gasteiger charge is 2.00. The summed E-state index contributed by atoms with van der Waals surface area (Å²) >= 11 is 11.7. The van der Waals surface area contributed by atoms with Gasteiger partial charge in [-0.3, -0.25) is 14.8 Å². The quantitative estimate of drug-likeness (QED) is 0.0329. The van der Waals surface area contributed by atoms with Crippen molar-refractivity contribution in [3.8, 4) is 0 Å². The summed E-state index contributed by atoms with van der Waals surface area (Å²) in [6.45, 7) is 3.38. The summed E-state index contributed by atoms with van der Waals surface area (Å²) in [7, 11) is 0. The Morgan fingerprint density at radius 3 is 1.23 bits per heavy atom. The highest BCUT2D eigenvalue weighted by molar-refractivity contribution is 6.31. The molecule has 0 unspecified atom stereocenters. The lowest BCUT2D eigenvalue weighted by Gasteiger charge is -2.05. The Hall–Kier alpha value is -4.03. The molecule has 0 heterocycles. The van der Waals surface area contributed by atoms with Crippen LogP contribution in [0.2, 0.25) is 10.0 Å². The summed E-state index contributed by atoms with van der Waals surface area (Å²) < 4.78 is 0. The van der Waals surface area contributed by atoms with E-state index in [9.17, 15) is 4.79 Å². The molecule has 0 spiro atoms. The first kappa shape index (κ1) is 46.0. The van der Waals surface area contributed by atoms with E-state index in [0.717, 1.165) is 49.9 Å². The number of carboxylic acids is 1. The molecule has 52 heavy (non-hydrogen) atoms. The number of rotatable bonds is 23. The van der Waals surface area contributed by atoms with Crippen LogP contribution in [0, 0.1) is 0 Å². The predicted molar refractivity (Wildman–Crippen MR) is 223 cm³/mol. The molecular formula is C38H62Cl2N10O2. The molecule has 0 aliphatic rings. The first-order chi connectivity index (χ1) is 25.1. The van der Waals surface area contributed by atoms with Gasteiger partial charge in [0.05, 0.1) is 0 Å². The first-order valence-corrected chi connectivity index (χ1v) is 19.4. The van der Waals surface area contributed by atoms with Gasteiger partial charge in [-0.1, -0.05) is 120 Å². The average Bonchev–Trinajstić information content (AvgIpc) is 3.10. The second kappa shape index (κ2) is 30.6. The minimum atomic E-state index is -0.655. The summed E-state index contributed by atoms with van der Waals surface area (Å²) in [5.74, 6) is -0.0903. The first-order valence-electron chi connectivity index (χ1n) is 18.6. The molecule has 11 N–H and O–H groups in total. The second-order valence-electron chi connectivity index (χ2n) is 12.5. The number of unbranched alkanes of at least 4 members (excludes halogenated alkanes) is 15. The van der Waals surface area contributed by atoms with E-state index in [1.165, 1.54) is 70.6 Å². The molecule has 14 heteroatoms. The molecule has 0 saturated carbocycles. The zero-order valence-corrected chi connectivity index (χ0v) is 32.5. The van der Waals surface area contributed by atoms with Crippen LogP contribution in [-0.2, 0) is 4.79 Å². The van der Waals surface area contributed by atoms with E-state index in [1.54, 1.807) is 48.5 Å². The minimum Gasteiger partial charge on any atom is -0.481 e. The van der Waals surface area contributed by atoms with Gasteiger partial charge >= 0.3 is 5.97 Å². The van der Waals surface area contributed by atoms with Crippen molar-refractivity contribution in [2.24, 2.45) is 42.9 Å². The highest BCUT2D eigenvalue weighted by Crippen LogP contribution is 2.15. The number of carbonyl (C=O) groups is 1. The van der Waals surface area contributed by atoms with Gasteiger partial charge in [0.1, 0.15) is 0 Å². The number of aliphatic carboxylic acids is 1. The molecule has 0 aromatic heterocycles. The van der Waals surface area contributed by atoms with Gasteiger partial charge in [-0.05, 0) is 67.8 Å². The van der Waals surface area contributed by atoms with Crippen LogP contribution in [0.15, 0.2) is 68.5 Å². The van der Waals surface area contributed by atoms with Crippen molar-refractivity contribution in [1.29, 1.82) is 0 Å². The number of benzene rings is 2. The standard InChI is InChI=1S/C22H30Cl2N10.C16H32O2/c23-15-5-9-17(10-6-15)31-21(27)33-19(25)29-13-3-1-2-4-14-30-20(26)34-22(28)32-18-11-7-16(24)8-12-18;1-2-3-4-5-6-7-8-9-10-11-12-13-14-15-16(17)18/h5-12H,1-4,13-14H2,(H5,25,27,29,31,33)(H5,26,28,30,32,34);2-15H2,1H3,(H,17,18). The number of hydrogen-bond donors (Lipinski definition) is 7. The lowest BCUT2D eigenvalue weighted by molar-refractivity contribution is -0.137. The van der Waals surface area contributed by atoms with Gasteiger partial charge < -0.3 is 38.7 Å². The third-order valence-electron chi connectivity index (χ3n) is 7.81. The van der Waals surface area contributed by atoms with Gasteiger partial charge in [-0.2, -0.15) is 9.98 Å². The third-order valence-corrected chi connectivity index (χ3v) is 8.32. The third kappa shape index (κ3) is 27.7. The maximum Gasteiger partial charge on any atom is 0.303 e. The summed E-state index contributed by atoms with van der Waals surface area (Å²) in [5.41, 5.74) is 24.8. The minimum absolute atomic E-state index is 0.124. The van der Waals surface area contributed by atoms with Crippen molar-refractivity contribution < 1.29 is 9.90 Å². The largest absolute Gasteiger partial charge is 0.481 e. The molecule has 2 rings (SSSR count). The van der Waals surface area contributed by atoms with Gasteiger partial charge in [0.25, 0.3) is 0 Å². The SMILES string of the molecule is CCCCCCCCCCCCCCCC(=O)O.NC(=NCCCCCCN=C(N)N=C(N)Nc1ccc(Cl)cc1)N=C(N)Nc1ccc(Cl)cc1. The van der Waals surface area contributed by atoms with Crippen LogP contribution in [0.3, 0.4) is 0 Å². The smallest absolute Gasteiger partial charge is 0.303 e. The highest BCUT2D eigenvalue weighted by atomic mass is 35.5. The number of nitrogens with two attached hydrogens (primary N) is 4. The van der Waals surface area contributed by atoms with Gasteiger partial charge in [0.15, 0.2) is 0 Å². The molecule has 0 radical (unpaired) electrons. The fourth-order valence-corrected chi connectivity index (χ4v) is 5.25.